The monoisotopic (exact) mass is 181 g/mol. The maximum absolute atomic E-state index is 11.5. The molecule has 74 valence electrons. The van der Waals surface area contributed by atoms with E-state index in [0.717, 1.165) is 19.5 Å². The van der Waals surface area contributed by atoms with Crippen LogP contribution in [0.5, 0.6) is 0 Å². The Morgan fingerprint density at radius 1 is 1.46 bits per heavy atom. The van der Waals surface area contributed by atoms with Gasteiger partial charge in [-0.3, -0.25) is 4.79 Å². The Morgan fingerprint density at radius 2 is 2.08 bits per heavy atom. The summed E-state index contributed by atoms with van der Waals surface area (Å²) in [7, 11) is 0. The Labute approximate surface area is 80.6 Å². The first kappa shape index (κ1) is 10.3. The van der Waals surface area contributed by atoms with Gasteiger partial charge in [-0.25, -0.2) is 0 Å². The highest BCUT2D eigenvalue weighted by atomic mass is 16.2. The van der Waals surface area contributed by atoms with Gasteiger partial charge in [0, 0.05) is 19.2 Å². The van der Waals surface area contributed by atoms with Crippen LogP contribution in [-0.2, 0) is 4.79 Å². The van der Waals surface area contributed by atoms with Crippen molar-refractivity contribution in [2.24, 2.45) is 5.41 Å². The third-order valence-corrected chi connectivity index (χ3v) is 2.61. The summed E-state index contributed by atoms with van der Waals surface area (Å²) in [5.41, 5.74) is 1.43. The third-order valence-electron chi connectivity index (χ3n) is 2.61. The summed E-state index contributed by atoms with van der Waals surface area (Å²) >= 11 is 0. The maximum Gasteiger partial charge on any atom is 0.246 e. The Morgan fingerprint density at radius 3 is 2.46 bits per heavy atom. The summed E-state index contributed by atoms with van der Waals surface area (Å²) in [6.45, 7) is 10.2. The van der Waals surface area contributed by atoms with Crippen LogP contribution in [0, 0.1) is 5.41 Å². The van der Waals surface area contributed by atoms with Gasteiger partial charge in [-0.05, 0) is 18.8 Å². The predicted octanol–water partition coefficient (Wildman–Crippen LogP) is 2.21. The summed E-state index contributed by atoms with van der Waals surface area (Å²) in [6, 6.07) is 0. The molecule has 2 heteroatoms. The van der Waals surface area contributed by atoms with Crippen LogP contribution in [0.25, 0.3) is 0 Å². The zero-order chi connectivity index (χ0) is 10.1. The summed E-state index contributed by atoms with van der Waals surface area (Å²) in [5, 5.41) is 0. The topological polar surface area (TPSA) is 20.3 Å². The fraction of sp³-hybridized carbons (Fsp3) is 0.727. The van der Waals surface area contributed by atoms with E-state index in [1.165, 1.54) is 5.57 Å². The van der Waals surface area contributed by atoms with E-state index < -0.39 is 0 Å². The van der Waals surface area contributed by atoms with Crippen LogP contribution in [0.2, 0.25) is 0 Å². The number of hydrogen-bond donors (Lipinski definition) is 0. The molecule has 0 aliphatic carbocycles. The maximum atomic E-state index is 11.5. The molecule has 0 saturated heterocycles. The van der Waals surface area contributed by atoms with Gasteiger partial charge in [-0.2, -0.15) is 0 Å². The van der Waals surface area contributed by atoms with E-state index in [2.05, 4.69) is 20.8 Å². The predicted molar refractivity (Wildman–Crippen MR) is 54.4 cm³/mol. The standard InChI is InChI=1S/C11H19NO/c1-5-12-7-6-9(8-10(12)13)11(2,3)4/h8H,5-7H2,1-4H3. The summed E-state index contributed by atoms with van der Waals surface area (Å²) in [6.07, 6.45) is 2.84. The van der Waals surface area contributed by atoms with Crippen LogP contribution < -0.4 is 0 Å². The lowest BCUT2D eigenvalue weighted by atomic mass is 9.83. The van der Waals surface area contributed by atoms with Gasteiger partial charge >= 0.3 is 0 Å². The lowest BCUT2D eigenvalue weighted by molar-refractivity contribution is -0.126. The van der Waals surface area contributed by atoms with Crippen molar-refractivity contribution in [3.63, 3.8) is 0 Å². The van der Waals surface area contributed by atoms with E-state index >= 15 is 0 Å². The van der Waals surface area contributed by atoms with Gasteiger partial charge in [0.15, 0.2) is 0 Å². The second-order valence-corrected chi connectivity index (χ2v) is 4.59. The fourth-order valence-electron chi connectivity index (χ4n) is 1.58. The average molecular weight is 181 g/mol. The number of carbonyl (C=O) groups is 1. The van der Waals surface area contributed by atoms with Gasteiger partial charge in [0.1, 0.15) is 0 Å². The van der Waals surface area contributed by atoms with Gasteiger partial charge in [0.2, 0.25) is 5.91 Å². The molecule has 1 rings (SSSR count). The van der Waals surface area contributed by atoms with Gasteiger partial charge in [-0.15, -0.1) is 0 Å². The third kappa shape index (κ3) is 2.33. The molecular formula is C11H19NO. The average Bonchev–Trinajstić information content (AvgIpc) is 2.02. The Hall–Kier alpha value is -0.790. The second kappa shape index (κ2) is 3.52. The van der Waals surface area contributed by atoms with Gasteiger partial charge in [-0.1, -0.05) is 26.3 Å². The molecule has 1 heterocycles. The minimum absolute atomic E-state index is 0.148. The highest BCUT2D eigenvalue weighted by molar-refractivity contribution is 5.89. The van der Waals surface area contributed by atoms with Gasteiger partial charge in [0.25, 0.3) is 0 Å². The van der Waals surface area contributed by atoms with Crippen LogP contribution in [0.1, 0.15) is 34.1 Å². The van der Waals surface area contributed by atoms with Crippen molar-refractivity contribution in [2.75, 3.05) is 13.1 Å². The van der Waals surface area contributed by atoms with Crippen LogP contribution in [-0.4, -0.2) is 23.9 Å². The normalized spacial score (nSPS) is 18.9. The second-order valence-electron chi connectivity index (χ2n) is 4.59. The molecule has 0 aromatic rings. The van der Waals surface area contributed by atoms with E-state index in [-0.39, 0.29) is 11.3 Å². The molecule has 0 radical (unpaired) electrons. The van der Waals surface area contributed by atoms with E-state index in [4.69, 9.17) is 0 Å². The number of hydrogen-bond acceptors (Lipinski definition) is 1. The lowest BCUT2D eigenvalue weighted by Gasteiger charge is -2.31. The molecule has 0 aromatic carbocycles. The minimum Gasteiger partial charge on any atom is -0.339 e. The van der Waals surface area contributed by atoms with E-state index in [0.29, 0.717) is 0 Å². The molecule has 0 aromatic heterocycles. The number of likely N-dealkylation sites (N-methyl/N-ethyl adjacent to an activating group) is 1. The molecule has 0 N–H and O–H groups in total. The molecule has 0 spiro atoms. The molecule has 0 atom stereocenters. The molecule has 0 fully saturated rings. The van der Waals surface area contributed by atoms with Crippen molar-refractivity contribution in [1.29, 1.82) is 0 Å². The van der Waals surface area contributed by atoms with E-state index in [1.54, 1.807) is 0 Å². The van der Waals surface area contributed by atoms with Crippen LogP contribution >= 0.6 is 0 Å². The highest BCUT2D eigenvalue weighted by Crippen LogP contribution is 2.30. The van der Waals surface area contributed by atoms with Crippen molar-refractivity contribution in [3.05, 3.63) is 11.6 Å². The van der Waals surface area contributed by atoms with E-state index in [9.17, 15) is 4.79 Å². The zero-order valence-electron chi connectivity index (χ0n) is 9.05. The molecule has 1 aliphatic rings. The largest absolute Gasteiger partial charge is 0.339 e. The van der Waals surface area contributed by atoms with Crippen LogP contribution in [0.15, 0.2) is 11.6 Å². The number of rotatable bonds is 1. The first-order chi connectivity index (χ1) is 5.95. The Bertz CT molecular complexity index is 235. The molecule has 0 unspecified atom stereocenters. The molecular weight excluding hydrogens is 162 g/mol. The number of nitrogens with zero attached hydrogens (tertiary/aromatic N) is 1. The van der Waals surface area contributed by atoms with E-state index in [1.807, 2.05) is 17.9 Å². The quantitative estimate of drug-likeness (QED) is 0.607. The summed E-state index contributed by atoms with van der Waals surface area (Å²) in [4.78, 5) is 13.4. The lowest BCUT2D eigenvalue weighted by Crippen LogP contribution is -2.35. The highest BCUT2D eigenvalue weighted by Gasteiger charge is 2.24. The van der Waals surface area contributed by atoms with Crippen LogP contribution in [0.3, 0.4) is 0 Å². The first-order valence-electron chi connectivity index (χ1n) is 4.95. The fourth-order valence-corrected chi connectivity index (χ4v) is 1.58. The van der Waals surface area contributed by atoms with Crippen molar-refractivity contribution in [1.82, 2.24) is 4.90 Å². The molecule has 0 saturated carbocycles. The first-order valence-corrected chi connectivity index (χ1v) is 4.95. The number of carbonyl (C=O) groups excluding carboxylic acids is 1. The van der Waals surface area contributed by atoms with Crippen molar-refractivity contribution in [2.45, 2.75) is 34.1 Å². The zero-order valence-corrected chi connectivity index (χ0v) is 9.05. The molecule has 1 aliphatic heterocycles. The molecule has 0 bridgehead atoms. The minimum atomic E-state index is 0.148. The Balaban J connectivity index is 2.79. The Kier molecular flexibility index (Phi) is 2.79. The van der Waals surface area contributed by atoms with Crippen molar-refractivity contribution in [3.8, 4) is 0 Å². The summed E-state index contributed by atoms with van der Waals surface area (Å²) < 4.78 is 0. The van der Waals surface area contributed by atoms with Gasteiger partial charge in [0.05, 0.1) is 0 Å². The van der Waals surface area contributed by atoms with Crippen molar-refractivity contribution >= 4 is 5.91 Å². The number of amides is 1. The summed E-state index contributed by atoms with van der Waals surface area (Å²) in [5.74, 6) is 0.179. The molecule has 1 amide bonds. The molecule has 2 nitrogen and oxygen atoms in total. The SMILES string of the molecule is CCN1CCC(C(C)(C)C)=CC1=O. The van der Waals surface area contributed by atoms with Crippen molar-refractivity contribution < 1.29 is 4.79 Å². The van der Waals surface area contributed by atoms with Gasteiger partial charge < -0.3 is 4.90 Å². The van der Waals surface area contributed by atoms with Crippen LogP contribution in [0.4, 0.5) is 0 Å². The smallest absolute Gasteiger partial charge is 0.246 e. The molecule has 13 heavy (non-hydrogen) atoms.